The summed E-state index contributed by atoms with van der Waals surface area (Å²) in [5.74, 6) is 1.26. The molecule has 48 valence electrons. The Bertz CT molecular complexity index is 237. The monoisotopic (exact) mass is 132 g/mol. The summed E-state index contributed by atoms with van der Waals surface area (Å²) in [6.45, 7) is 0. The van der Waals surface area contributed by atoms with E-state index < -0.39 is 0 Å². The van der Waals surface area contributed by atoms with Crippen molar-refractivity contribution in [2.24, 2.45) is 0 Å². The summed E-state index contributed by atoms with van der Waals surface area (Å²) in [7, 11) is 0. The molecule has 1 saturated heterocycles. The van der Waals surface area contributed by atoms with E-state index >= 15 is 0 Å². The van der Waals surface area contributed by atoms with Gasteiger partial charge in [0.1, 0.15) is 11.5 Å². The molecule has 0 unspecified atom stereocenters. The van der Waals surface area contributed by atoms with E-state index in [1.165, 1.54) is 12.2 Å². The highest BCUT2D eigenvalue weighted by Gasteiger charge is 2.16. The molecule has 1 fully saturated rings. The number of ether oxygens (including phenoxy) is 1. The molecule has 0 aliphatic carbocycles. The van der Waals surface area contributed by atoms with Gasteiger partial charge in [-0.1, -0.05) is 0 Å². The van der Waals surface area contributed by atoms with E-state index in [-0.39, 0.29) is 0 Å². The lowest BCUT2D eigenvalue weighted by Gasteiger charge is -2.20. The zero-order chi connectivity index (χ0) is 7.40. The smallest absolute Gasteiger partial charge is 0.122 e. The lowest BCUT2D eigenvalue weighted by Crippen LogP contribution is -2.06. The van der Waals surface area contributed by atoms with Gasteiger partial charge >= 0.3 is 0 Å². The summed E-state index contributed by atoms with van der Waals surface area (Å²) >= 11 is 0. The van der Waals surface area contributed by atoms with Crippen molar-refractivity contribution < 1.29 is 4.74 Å². The number of hydrogen-bond acceptors (Lipinski definition) is 3. The predicted molar refractivity (Wildman–Crippen MR) is 33.1 cm³/mol. The van der Waals surface area contributed by atoms with Gasteiger partial charge in [0.05, 0.1) is 30.7 Å². The lowest BCUT2D eigenvalue weighted by molar-refractivity contribution is 0.206. The molecule has 0 N–H and O–H groups in total. The van der Waals surface area contributed by atoms with Crippen LogP contribution in [0.5, 0.6) is 0 Å². The summed E-state index contributed by atoms with van der Waals surface area (Å²) in [5.41, 5.74) is 0. The molecule has 1 heterocycles. The minimum Gasteiger partial charge on any atom is -0.464 e. The van der Waals surface area contributed by atoms with Gasteiger partial charge in [-0.2, -0.15) is 10.5 Å². The Morgan fingerprint density at radius 2 is 1.60 bits per heavy atom. The van der Waals surface area contributed by atoms with Crippen LogP contribution in [0.2, 0.25) is 0 Å². The van der Waals surface area contributed by atoms with Crippen molar-refractivity contribution >= 4 is 0 Å². The van der Waals surface area contributed by atoms with Gasteiger partial charge in [0.2, 0.25) is 0 Å². The second-order valence-corrected chi connectivity index (χ2v) is 1.76. The highest BCUT2D eigenvalue weighted by atomic mass is 16.5. The van der Waals surface area contributed by atoms with Crippen LogP contribution in [0.25, 0.3) is 0 Å². The molecule has 3 nitrogen and oxygen atoms in total. The third-order valence-electron chi connectivity index (χ3n) is 1.06. The van der Waals surface area contributed by atoms with Gasteiger partial charge in [-0.3, -0.25) is 0 Å². The molecule has 0 bridgehead atoms. The van der Waals surface area contributed by atoms with Gasteiger partial charge in [-0.25, -0.2) is 0 Å². The summed E-state index contributed by atoms with van der Waals surface area (Å²) in [6, 6.07) is 3.67. The second-order valence-electron chi connectivity index (χ2n) is 1.76. The first-order chi connectivity index (χ1) is 4.86. The Labute approximate surface area is 58.4 Å². The summed E-state index contributed by atoms with van der Waals surface area (Å²) in [4.78, 5) is 0. The average molecular weight is 132 g/mol. The molecule has 1 aliphatic rings. The molecular formula is C7H4N2O. The summed E-state index contributed by atoms with van der Waals surface area (Å²) < 4.78 is 4.90. The van der Waals surface area contributed by atoms with E-state index in [2.05, 4.69) is 0 Å². The molecule has 1 aliphatic heterocycles. The number of rotatable bonds is 0. The molecule has 0 aromatic heterocycles. The molecule has 3 heteroatoms. The van der Waals surface area contributed by atoms with Gasteiger partial charge in [-0.15, -0.1) is 0 Å². The lowest BCUT2D eigenvalue weighted by atomic mass is 10.2. The zero-order valence-corrected chi connectivity index (χ0v) is 5.16. The molecular weight excluding hydrogens is 128 g/mol. The Morgan fingerprint density at radius 1 is 1.20 bits per heavy atom. The quantitative estimate of drug-likeness (QED) is 0.465. The fourth-order valence-electron chi connectivity index (χ4n) is 0.637. The molecule has 0 aromatic carbocycles. The number of hydrogen-bond donors (Lipinski definition) is 0. The molecule has 0 saturated carbocycles. The first kappa shape index (κ1) is 6.38. The van der Waals surface area contributed by atoms with Crippen LogP contribution in [0, 0.1) is 22.7 Å². The fourth-order valence-corrected chi connectivity index (χ4v) is 0.637. The minimum atomic E-state index is 0.598. The van der Waals surface area contributed by atoms with E-state index in [0.717, 1.165) is 0 Å². The second kappa shape index (κ2) is 2.70. The highest BCUT2D eigenvalue weighted by molar-refractivity contribution is 5.25. The third-order valence-corrected chi connectivity index (χ3v) is 1.06. The van der Waals surface area contributed by atoms with Gasteiger partial charge in [0.15, 0.2) is 0 Å². The van der Waals surface area contributed by atoms with E-state index in [1.54, 1.807) is 0 Å². The maximum Gasteiger partial charge on any atom is 0.122 e. The molecule has 0 radical (unpaired) electrons. The Balaban J connectivity index is 2.48. The van der Waals surface area contributed by atoms with Crippen LogP contribution in [0.1, 0.15) is 6.42 Å². The van der Waals surface area contributed by atoms with Crippen molar-refractivity contribution in [1.29, 1.82) is 10.5 Å². The van der Waals surface area contributed by atoms with Crippen LogP contribution in [-0.4, -0.2) is 0 Å². The molecule has 0 aromatic rings. The van der Waals surface area contributed by atoms with E-state index in [4.69, 9.17) is 15.3 Å². The van der Waals surface area contributed by atoms with Gasteiger partial charge in [0.25, 0.3) is 0 Å². The van der Waals surface area contributed by atoms with Crippen molar-refractivity contribution in [3.63, 3.8) is 0 Å². The average Bonchev–Trinajstić information content (AvgIpc) is 1.84. The van der Waals surface area contributed by atoms with Crippen molar-refractivity contribution in [2.75, 3.05) is 0 Å². The van der Waals surface area contributed by atoms with Crippen LogP contribution < -0.4 is 0 Å². The number of nitrogens with zero attached hydrogens (tertiary/aromatic N) is 2. The zero-order valence-electron chi connectivity index (χ0n) is 5.16. The van der Waals surface area contributed by atoms with Gasteiger partial charge in [-0.05, 0) is 0 Å². The first-order valence-electron chi connectivity index (χ1n) is 2.72. The molecule has 1 rings (SSSR count). The first-order valence-corrected chi connectivity index (χ1v) is 2.72. The van der Waals surface area contributed by atoms with Crippen LogP contribution in [0.4, 0.5) is 0 Å². The number of allylic oxidation sites excluding steroid dienone is 2. The fraction of sp³-hybridized carbons (Fsp3) is 0.143. The van der Waals surface area contributed by atoms with Crippen molar-refractivity contribution in [3.8, 4) is 12.1 Å². The summed E-state index contributed by atoms with van der Waals surface area (Å²) in [5, 5.41) is 16.3. The van der Waals surface area contributed by atoms with E-state index in [0.29, 0.717) is 17.9 Å². The highest BCUT2D eigenvalue weighted by Crippen LogP contribution is 2.27. The third kappa shape index (κ3) is 1.15. The van der Waals surface area contributed by atoms with Crippen LogP contribution in [0.15, 0.2) is 23.7 Å². The standard InChI is InChI=1S/C7H4N2O/c8-3-1-6-5-7(10-6)2-4-9/h1-2H,5H2. The SMILES string of the molecule is N#CC=C1CC(=CC#N)O1. The minimum absolute atomic E-state index is 0.598. The molecule has 0 amide bonds. The van der Waals surface area contributed by atoms with Crippen LogP contribution in [-0.2, 0) is 4.74 Å². The summed E-state index contributed by atoms with van der Waals surface area (Å²) in [6.07, 6.45) is 3.25. The van der Waals surface area contributed by atoms with E-state index in [9.17, 15) is 0 Å². The Morgan fingerprint density at radius 3 is 1.90 bits per heavy atom. The van der Waals surface area contributed by atoms with E-state index in [1.807, 2.05) is 12.1 Å². The van der Waals surface area contributed by atoms with Gasteiger partial charge in [0, 0.05) is 0 Å². The maximum atomic E-state index is 8.13. The maximum absolute atomic E-state index is 8.13. The van der Waals surface area contributed by atoms with Crippen LogP contribution >= 0.6 is 0 Å². The van der Waals surface area contributed by atoms with Gasteiger partial charge < -0.3 is 4.74 Å². The number of nitriles is 2. The Kier molecular flexibility index (Phi) is 1.72. The Hall–Kier alpha value is -1.74. The van der Waals surface area contributed by atoms with Crippen LogP contribution in [0.3, 0.4) is 0 Å². The van der Waals surface area contributed by atoms with Crippen molar-refractivity contribution in [2.45, 2.75) is 6.42 Å². The molecule has 0 atom stereocenters. The van der Waals surface area contributed by atoms with Crippen molar-refractivity contribution in [1.82, 2.24) is 0 Å². The topological polar surface area (TPSA) is 56.8 Å². The predicted octanol–water partition coefficient (Wildman–Crippen LogP) is 1.22. The molecule has 0 spiro atoms. The normalized spacial score (nSPS) is 22.6. The molecule has 10 heavy (non-hydrogen) atoms. The van der Waals surface area contributed by atoms with Crippen molar-refractivity contribution in [3.05, 3.63) is 23.7 Å². The largest absolute Gasteiger partial charge is 0.464 e.